The molecule has 1 aliphatic heterocycles. The van der Waals surface area contributed by atoms with Crippen LogP contribution in [0, 0.1) is 13.8 Å². The van der Waals surface area contributed by atoms with E-state index in [4.69, 9.17) is 0 Å². The van der Waals surface area contributed by atoms with Crippen LogP contribution in [0.5, 0.6) is 0 Å². The smallest absolute Gasteiger partial charge is 0.252 e. The van der Waals surface area contributed by atoms with Crippen LogP contribution >= 0.6 is 0 Å². The largest absolute Gasteiger partial charge is 0.343 e. The summed E-state index contributed by atoms with van der Waals surface area (Å²) in [6.45, 7) is 5.30. The Morgan fingerprint density at radius 1 is 1.26 bits per heavy atom. The van der Waals surface area contributed by atoms with Gasteiger partial charge in [0.1, 0.15) is 0 Å². The van der Waals surface area contributed by atoms with Gasteiger partial charge < -0.3 is 10.2 Å². The van der Waals surface area contributed by atoms with Gasteiger partial charge in [-0.25, -0.2) is 4.98 Å². The lowest BCUT2D eigenvalue weighted by Crippen LogP contribution is -2.38. The third-order valence-electron chi connectivity index (χ3n) is 4.20. The second-order valence-corrected chi connectivity index (χ2v) is 5.99. The molecule has 3 heterocycles. The van der Waals surface area contributed by atoms with Crippen LogP contribution in [0.15, 0.2) is 6.07 Å². The first-order valence-corrected chi connectivity index (χ1v) is 7.84. The fourth-order valence-corrected chi connectivity index (χ4v) is 3.08. The maximum atomic E-state index is 12.5. The Kier molecular flexibility index (Phi) is 4.02. The van der Waals surface area contributed by atoms with E-state index in [0.29, 0.717) is 11.2 Å². The number of aryl methyl sites for hydroxylation is 3. The Morgan fingerprint density at radius 2 is 1.96 bits per heavy atom. The van der Waals surface area contributed by atoms with Gasteiger partial charge in [-0.15, -0.1) is 0 Å². The van der Waals surface area contributed by atoms with Crippen LogP contribution < -0.4 is 5.32 Å². The molecule has 1 aliphatic rings. The van der Waals surface area contributed by atoms with Crippen molar-refractivity contribution in [2.45, 2.75) is 26.7 Å². The molecule has 0 unspecified atom stereocenters. The van der Waals surface area contributed by atoms with Crippen molar-refractivity contribution in [3.8, 4) is 0 Å². The van der Waals surface area contributed by atoms with Crippen molar-refractivity contribution < 1.29 is 9.59 Å². The van der Waals surface area contributed by atoms with Crippen molar-refractivity contribution >= 4 is 22.8 Å². The Labute approximate surface area is 134 Å². The molecule has 0 atom stereocenters. The number of aromatic nitrogens is 3. The number of amides is 2. The number of hydrogen-bond acceptors (Lipinski definition) is 4. The maximum absolute atomic E-state index is 12.5. The first kappa shape index (κ1) is 15.5. The first-order chi connectivity index (χ1) is 11.0. The molecule has 122 valence electrons. The van der Waals surface area contributed by atoms with Crippen LogP contribution in [-0.4, -0.2) is 51.1 Å². The topological polar surface area (TPSA) is 80.1 Å². The standard InChI is InChI=1S/C16H21N5O2/c1-10-8-12(14-11(2)19-20(3)15(14)18-10)16(23)17-9-13(22)21-6-4-5-7-21/h8H,4-7,9H2,1-3H3,(H,17,23). The van der Waals surface area contributed by atoms with E-state index in [1.165, 1.54) is 0 Å². The summed E-state index contributed by atoms with van der Waals surface area (Å²) < 4.78 is 1.67. The Morgan fingerprint density at radius 3 is 2.65 bits per heavy atom. The molecule has 7 heteroatoms. The van der Waals surface area contributed by atoms with Gasteiger partial charge >= 0.3 is 0 Å². The molecule has 3 rings (SSSR count). The van der Waals surface area contributed by atoms with E-state index in [2.05, 4.69) is 15.4 Å². The van der Waals surface area contributed by atoms with Crippen LogP contribution in [0.2, 0.25) is 0 Å². The molecule has 2 aromatic heterocycles. The number of hydrogen-bond donors (Lipinski definition) is 1. The van der Waals surface area contributed by atoms with Gasteiger partial charge in [-0.05, 0) is 32.8 Å². The third kappa shape index (κ3) is 2.91. The molecule has 0 aliphatic carbocycles. The van der Waals surface area contributed by atoms with Gasteiger partial charge in [-0.2, -0.15) is 5.10 Å². The highest BCUT2D eigenvalue weighted by molar-refractivity contribution is 6.07. The monoisotopic (exact) mass is 315 g/mol. The lowest BCUT2D eigenvalue weighted by atomic mass is 10.1. The summed E-state index contributed by atoms with van der Waals surface area (Å²) in [7, 11) is 1.81. The molecule has 0 radical (unpaired) electrons. The highest BCUT2D eigenvalue weighted by Gasteiger charge is 2.21. The maximum Gasteiger partial charge on any atom is 0.252 e. The number of fused-ring (bicyclic) bond motifs is 1. The zero-order chi connectivity index (χ0) is 16.6. The normalized spacial score (nSPS) is 14.5. The average Bonchev–Trinajstić information content (AvgIpc) is 3.13. The second kappa shape index (κ2) is 5.98. The summed E-state index contributed by atoms with van der Waals surface area (Å²) in [6.07, 6.45) is 2.08. The van der Waals surface area contributed by atoms with E-state index < -0.39 is 0 Å². The van der Waals surface area contributed by atoms with Gasteiger partial charge in [-0.1, -0.05) is 0 Å². The molecule has 0 spiro atoms. The number of carbonyl (C=O) groups excluding carboxylic acids is 2. The number of rotatable bonds is 3. The zero-order valence-electron chi connectivity index (χ0n) is 13.7. The molecular formula is C16H21N5O2. The average molecular weight is 315 g/mol. The minimum Gasteiger partial charge on any atom is -0.343 e. The summed E-state index contributed by atoms with van der Waals surface area (Å²) >= 11 is 0. The molecule has 2 amide bonds. The van der Waals surface area contributed by atoms with Crippen molar-refractivity contribution in [1.82, 2.24) is 25.0 Å². The second-order valence-electron chi connectivity index (χ2n) is 5.99. The lowest BCUT2D eigenvalue weighted by molar-refractivity contribution is -0.129. The molecule has 1 fully saturated rings. The SMILES string of the molecule is Cc1cc(C(=O)NCC(=O)N2CCCC2)c2c(C)nn(C)c2n1. The van der Waals surface area contributed by atoms with E-state index >= 15 is 0 Å². The first-order valence-electron chi connectivity index (χ1n) is 7.84. The van der Waals surface area contributed by atoms with Crippen LogP contribution in [0.25, 0.3) is 11.0 Å². The quantitative estimate of drug-likeness (QED) is 0.914. The van der Waals surface area contributed by atoms with Gasteiger partial charge in [0.2, 0.25) is 5.91 Å². The molecule has 0 bridgehead atoms. The lowest BCUT2D eigenvalue weighted by Gasteiger charge is -2.15. The Hall–Kier alpha value is -2.44. The van der Waals surface area contributed by atoms with Crippen LogP contribution in [0.3, 0.4) is 0 Å². The molecule has 0 aromatic carbocycles. The van der Waals surface area contributed by atoms with E-state index in [-0.39, 0.29) is 18.4 Å². The van der Waals surface area contributed by atoms with Crippen molar-refractivity contribution in [2.75, 3.05) is 19.6 Å². The van der Waals surface area contributed by atoms with Gasteiger partial charge in [0.15, 0.2) is 5.65 Å². The van der Waals surface area contributed by atoms with Crippen molar-refractivity contribution in [3.63, 3.8) is 0 Å². The van der Waals surface area contributed by atoms with E-state index in [9.17, 15) is 9.59 Å². The molecule has 7 nitrogen and oxygen atoms in total. The molecule has 1 N–H and O–H groups in total. The van der Waals surface area contributed by atoms with Gasteiger partial charge in [-0.3, -0.25) is 14.3 Å². The molecule has 23 heavy (non-hydrogen) atoms. The number of nitrogens with zero attached hydrogens (tertiary/aromatic N) is 4. The highest BCUT2D eigenvalue weighted by atomic mass is 16.2. The van der Waals surface area contributed by atoms with Crippen LogP contribution in [0.1, 0.15) is 34.6 Å². The number of nitrogens with one attached hydrogen (secondary N) is 1. The van der Waals surface area contributed by atoms with Crippen molar-refractivity contribution in [2.24, 2.45) is 7.05 Å². The summed E-state index contributed by atoms with van der Waals surface area (Å²) in [5.41, 5.74) is 2.70. The van der Waals surface area contributed by atoms with Crippen molar-refractivity contribution in [3.05, 3.63) is 23.0 Å². The van der Waals surface area contributed by atoms with Crippen LogP contribution in [0.4, 0.5) is 0 Å². The Balaban J connectivity index is 1.82. The Bertz CT molecular complexity index is 774. The van der Waals surface area contributed by atoms with Gasteiger partial charge in [0.05, 0.1) is 23.2 Å². The van der Waals surface area contributed by atoms with Crippen LogP contribution in [-0.2, 0) is 11.8 Å². The predicted octanol–water partition coefficient (Wildman–Crippen LogP) is 0.937. The fraction of sp³-hybridized carbons (Fsp3) is 0.500. The van der Waals surface area contributed by atoms with E-state index in [0.717, 1.165) is 42.7 Å². The van der Waals surface area contributed by atoms with Gasteiger partial charge in [0.25, 0.3) is 5.91 Å². The molecular weight excluding hydrogens is 294 g/mol. The summed E-state index contributed by atoms with van der Waals surface area (Å²) in [5.74, 6) is -0.287. The number of likely N-dealkylation sites (tertiary alicyclic amines) is 1. The molecule has 0 saturated carbocycles. The fourth-order valence-electron chi connectivity index (χ4n) is 3.08. The molecule has 2 aromatic rings. The highest BCUT2D eigenvalue weighted by Crippen LogP contribution is 2.21. The third-order valence-corrected chi connectivity index (χ3v) is 4.20. The number of carbonyl (C=O) groups is 2. The minimum absolute atomic E-state index is 0.0271. The summed E-state index contributed by atoms with van der Waals surface area (Å²) in [6, 6.07) is 1.74. The van der Waals surface area contributed by atoms with E-state index in [1.54, 1.807) is 22.7 Å². The number of pyridine rings is 1. The predicted molar refractivity (Wildman–Crippen MR) is 86.1 cm³/mol. The van der Waals surface area contributed by atoms with Crippen molar-refractivity contribution in [1.29, 1.82) is 0 Å². The van der Waals surface area contributed by atoms with E-state index in [1.807, 2.05) is 13.8 Å². The zero-order valence-corrected chi connectivity index (χ0v) is 13.7. The summed E-state index contributed by atoms with van der Waals surface area (Å²) in [5, 5.41) is 7.81. The minimum atomic E-state index is -0.260. The summed E-state index contributed by atoms with van der Waals surface area (Å²) in [4.78, 5) is 30.8. The molecule has 1 saturated heterocycles. The van der Waals surface area contributed by atoms with Gasteiger partial charge in [0, 0.05) is 25.8 Å².